The van der Waals surface area contributed by atoms with Crippen molar-refractivity contribution < 1.29 is 14.7 Å². The first-order chi connectivity index (χ1) is 15.0. The SMILES string of the molecule is O=C(O)CCCC(=O)Nc1nc2n(n1)[C@@H](c1ccccc1Cl)C[C@H](c1ccccc1)N2. The van der Waals surface area contributed by atoms with E-state index in [1.165, 1.54) is 0 Å². The maximum atomic E-state index is 12.2. The zero-order chi connectivity index (χ0) is 21.8. The van der Waals surface area contributed by atoms with Crippen LogP contribution in [0.3, 0.4) is 0 Å². The van der Waals surface area contributed by atoms with Gasteiger partial charge in [0.15, 0.2) is 0 Å². The zero-order valence-corrected chi connectivity index (χ0v) is 17.4. The van der Waals surface area contributed by atoms with Crippen molar-refractivity contribution in [1.29, 1.82) is 0 Å². The number of amides is 1. The van der Waals surface area contributed by atoms with Crippen LogP contribution in [0, 0.1) is 0 Å². The molecule has 0 bridgehead atoms. The number of halogens is 1. The molecule has 1 aromatic heterocycles. The highest BCUT2D eigenvalue weighted by Crippen LogP contribution is 2.40. The zero-order valence-electron chi connectivity index (χ0n) is 16.7. The van der Waals surface area contributed by atoms with E-state index in [1.807, 2.05) is 42.5 Å². The van der Waals surface area contributed by atoms with Gasteiger partial charge in [0.05, 0.1) is 12.1 Å². The Balaban J connectivity index is 1.61. The summed E-state index contributed by atoms with van der Waals surface area (Å²) in [6.45, 7) is 0. The number of carboxylic acids is 1. The second-order valence-electron chi connectivity index (χ2n) is 7.38. The molecular weight excluding hydrogens is 418 g/mol. The van der Waals surface area contributed by atoms with Crippen LogP contribution >= 0.6 is 11.6 Å². The van der Waals surface area contributed by atoms with Gasteiger partial charge in [0, 0.05) is 17.9 Å². The molecule has 1 amide bonds. The molecule has 1 aliphatic rings. The lowest BCUT2D eigenvalue weighted by Gasteiger charge is -2.32. The van der Waals surface area contributed by atoms with Gasteiger partial charge in [0.25, 0.3) is 5.95 Å². The molecule has 0 unspecified atom stereocenters. The highest BCUT2D eigenvalue weighted by Gasteiger charge is 2.32. The summed E-state index contributed by atoms with van der Waals surface area (Å²) in [5, 5.41) is 19.9. The molecular formula is C22H22ClN5O3. The lowest BCUT2D eigenvalue weighted by atomic mass is 9.93. The summed E-state index contributed by atoms with van der Waals surface area (Å²) in [7, 11) is 0. The average molecular weight is 440 g/mol. The number of anilines is 2. The summed E-state index contributed by atoms with van der Waals surface area (Å²) in [6, 6.07) is 17.5. The molecule has 0 radical (unpaired) electrons. The summed E-state index contributed by atoms with van der Waals surface area (Å²) in [6.07, 6.45) is 0.987. The largest absolute Gasteiger partial charge is 0.481 e. The Hall–Kier alpha value is -3.39. The van der Waals surface area contributed by atoms with Crippen molar-refractivity contribution in [2.45, 2.75) is 37.8 Å². The molecule has 2 heterocycles. The number of nitrogens with one attached hydrogen (secondary N) is 2. The fraction of sp³-hybridized carbons (Fsp3) is 0.273. The van der Waals surface area contributed by atoms with Gasteiger partial charge in [-0.3, -0.25) is 14.9 Å². The number of aliphatic carboxylic acids is 1. The Labute approximate surface area is 184 Å². The van der Waals surface area contributed by atoms with Crippen LogP contribution in [0.2, 0.25) is 5.02 Å². The quantitative estimate of drug-likeness (QED) is 0.507. The summed E-state index contributed by atoms with van der Waals surface area (Å²) < 4.78 is 1.74. The first-order valence-electron chi connectivity index (χ1n) is 10.1. The van der Waals surface area contributed by atoms with E-state index in [0.29, 0.717) is 17.4 Å². The van der Waals surface area contributed by atoms with Crippen LogP contribution in [-0.4, -0.2) is 31.7 Å². The van der Waals surface area contributed by atoms with E-state index in [9.17, 15) is 9.59 Å². The number of carbonyl (C=O) groups excluding carboxylic acids is 1. The van der Waals surface area contributed by atoms with E-state index in [0.717, 1.165) is 11.1 Å². The molecule has 4 rings (SSSR count). The van der Waals surface area contributed by atoms with E-state index in [2.05, 4.69) is 32.8 Å². The van der Waals surface area contributed by atoms with Crippen molar-refractivity contribution in [2.75, 3.05) is 10.6 Å². The summed E-state index contributed by atoms with van der Waals surface area (Å²) >= 11 is 6.49. The van der Waals surface area contributed by atoms with Crippen LogP contribution in [0.4, 0.5) is 11.9 Å². The van der Waals surface area contributed by atoms with E-state index in [4.69, 9.17) is 16.7 Å². The van der Waals surface area contributed by atoms with Gasteiger partial charge >= 0.3 is 5.97 Å². The van der Waals surface area contributed by atoms with Crippen LogP contribution in [-0.2, 0) is 9.59 Å². The van der Waals surface area contributed by atoms with Crippen molar-refractivity contribution in [3.05, 3.63) is 70.7 Å². The van der Waals surface area contributed by atoms with Gasteiger partial charge in [0.2, 0.25) is 11.9 Å². The van der Waals surface area contributed by atoms with Gasteiger partial charge in [-0.1, -0.05) is 60.1 Å². The van der Waals surface area contributed by atoms with Gasteiger partial charge in [-0.2, -0.15) is 4.98 Å². The Morgan fingerprint density at radius 1 is 1.13 bits per heavy atom. The molecule has 2 aromatic carbocycles. The number of carbonyl (C=O) groups is 2. The highest BCUT2D eigenvalue weighted by molar-refractivity contribution is 6.31. The number of hydrogen-bond acceptors (Lipinski definition) is 5. The van der Waals surface area contributed by atoms with Crippen LogP contribution in [0.5, 0.6) is 0 Å². The smallest absolute Gasteiger partial charge is 0.303 e. The number of benzene rings is 2. The first-order valence-corrected chi connectivity index (χ1v) is 10.4. The third kappa shape index (κ3) is 4.86. The Morgan fingerprint density at radius 2 is 1.87 bits per heavy atom. The van der Waals surface area contributed by atoms with Gasteiger partial charge < -0.3 is 10.4 Å². The molecule has 2 atom stereocenters. The molecule has 0 spiro atoms. The number of aromatic nitrogens is 3. The topological polar surface area (TPSA) is 109 Å². The molecule has 0 aliphatic carbocycles. The minimum Gasteiger partial charge on any atom is -0.481 e. The molecule has 1 aliphatic heterocycles. The molecule has 31 heavy (non-hydrogen) atoms. The van der Waals surface area contributed by atoms with Crippen LogP contribution in [0.1, 0.15) is 48.9 Å². The minimum atomic E-state index is -0.929. The fourth-order valence-corrected chi connectivity index (χ4v) is 3.99. The molecule has 3 N–H and O–H groups in total. The Bertz CT molecular complexity index is 1090. The maximum absolute atomic E-state index is 12.2. The first kappa shape index (κ1) is 20.9. The third-order valence-corrected chi connectivity index (χ3v) is 5.54. The molecule has 3 aromatic rings. The van der Waals surface area contributed by atoms with Crippen molar-refractivity contribution in [1.82, 2.24) is 14.8 Å². The van der Waals surface area contributed by atoms with Crippen molar-refractivity contribution in [3.8, 4) is 0 Å². The van der Waals surface area contributed by atoms with E-state index in [1.54, 1.807) is 4.68 Å². The molecule has 160 valence electrons. The maximum Gasteiger partial charge on any atom is 0.303 e. The van der Waals surface area contributed by atoms with E-state index in [-0.39, 0.29) is 43.2 Å². The van der Waals surface area contributed by atoms with E-state index >= 15 is 0 Å². The van der Waals surface area contributed by atoms with Gasteiger partial charge in [0.1, 0.15) is 0 Å². The number of hydrogen-bond donors (Lipinski definition) is 3. The van der Waals surface area contributed by atoms with Gasteiger partial charge in [-0.15, -0.1) is 5.10 Å². The average Bonchev–Trinajstić information content (AvgIpc) is 3.16. The summed E-state index contributed by atoms with van der Waals surface area (Å²) in [5.41, 5.74) is 2.05. The summed E-state index contributed by atoms with van der Waals surface area (Å²) in [4.78, 5) is 27.3. The van der Waals surface area contributed by atoms with Gasteiger partial charge in [-0.25, -0.2) is 4.68 Å². The number of nitrogens with zero attached hydrogens (tertiary/aromatic N) is 3. The second-order valence-corrected chi connectivity index (χ2v) is 7.79. The minimum absolute atomic E-state index is 0.00158. The normalized spacial score (nSPS) is 17.5. The predicted octanol–water partition coefficient (Wildman–Crippen LogP) is 4.27. The van der Waals surface area contributed by atoms with Crippen LogP contribution in [0.15, 0.2) is 54.6 Å². The monoisotopic (exact) mass is 439 g/mol. The molecule has 0 fully saturated rings. The van der Waals surface area contributed by atoms with Crippen LogP contribution < -0.4 is 10.6 Å². The second kappa shape index (κ2) is 9.18. The number of rotatable bonds is 7. The number of carboxylic acid groups (broad SMARTS) is 1. The fourth-order valence-electron chi connectivity index (χ4n) is 3.73. The Kier molecular flexibility index (Phi) is 6.18. The predicted molar refractivity (Wildman–Crippen MR) is 117 cm³/mol. The van der Waals surface area contributed by atoms with Crippen molar-refractivity contribution in [2.24, 2.45) is 0 Å². The highest BCUT2D eigenvalue weighted by atomic mass is 35.5. The third-order valence-electron chi connectivity index (χ3n) is 5.20. The van der Waals surface area contributed by atoms with E-state index < -0.39 is 5.97 Å². The lowest BCUT2D eigenvalue weighted by Crippen LogP contribution is -2.28. The van der Waals surface area contributed by atoms with Gasteiger partial charge in [-0.05, 0) is 30.0 Å². The molecule has 8 nitrogen and oxygen atoms in total. The van der Waals surface area contributed by atoms with Crippen molar-refractivity contribution >= 4 is 35.4 Å². The molecule has 9 heteroatoms. The molecule has 0 saturated carbocycles. The summed E-state index contributed by atoms with van der Waals surface area (Å²) in [5.74, 6) is -0.542. The Morgan fingerprint density at radius 3 is 2.61 bits per heavy atom. The molecule has 0 saturated heterocycles. The standard InChI is InChI=1S/C22H22ClN5O3/c23-16-10-5-4-9-15(16)18-13-17(14-7-2-1-3-8-14)24-22-26-21(27-28(18)22)25-19(29)11-6-12-20(30)31/h1-5,7-10,17-18H,6,11-13H2,(H,30,31)(H2,24,25,26,27,29)/t17-,18-/m1/s1. The number of fused-ring (bicyclic) bond motifs is 1. The van der Waals surface area contributed by atoms with Crippen LogP contribution in [0.25, 0.3) is 0 Å². The van der Waals surface area contributed by atoms with Crippen molar-refractivity contribution in [3.63, 3.8) is 0 Å². The lowest BCUT2D eigenvalue weighted by molar-refractivity contribution is -0.137.